The number of nitrogens with one attached hydrogen (secondary N) is 1. The van der Waals surface area contributed by atoms with E-state index in [1.54, 1.807) is 7.11 Å². The van der Waals surface area contributed by atoms with Crippen molar-refractivity contribution < 1.29 is 9.84 Å². The van der Waals surface area contributed by atoms with Gasteiger partial charge in [0.05, 0.1) is 18.9 Å². The van der Waals surface area contributed by atoms with Crippen LogP contribution in [0, 0.1) is 0 Å². The molecule has 2 N–H and O–H groups in total. The number of rotatable bonds is 3. The second-order valence-electron chi connectivity index (χ2n) is 4.50. The summed E-state index contributed by atoms with van der Waals surface area (Å²) in [5.41, 5.74) is 1.06. The van der Waals surface area contributed by atoms with Gasteiger partial charge in [0.15, 0.2) is 0 Å². The van der Waals surface area contributed by atoms with Crippen LogP contribution in [0.3, 0.4) is 0 Å². The molecule has 1 aliphatic rings. The van der Waals surface area contributed by atoms with Gasteiger partial charge in [0.2, 0.25) is 0 Å². The Morgan fingerprint density at radius 3 is 2.65 bits per heavy atom. The van der Waals surface area contributed by atoms with Crippen molar-refractivity contribution in [2.24, 2.45) is 0 Å². The zero-order chi connectivity index (χ0) is 12.3. The van der Waals surface area contributed by atoms with E-state index in [0.717, 1.165) is 41.6 Å². The molecule has 1 aromatic carbocycles. The first kappa shape index (κ1) is 12.7. The smallest absolute Gasteiger partial charge is 0.121 e. The van der Waals surface area contributed by atoms with E-state index in [0.29, 0.717) is 6.04 Å². The maximum absolute atomic E-state index is 9.47. The van der Waals surface area contributed by atoms with Gasteiger partial charge in [-0.05, 0) is 53.7 Å². The molecule has 94 valence electrons. The maximum Gasteiger partial charge on any atom is 0.121 e. The molecule has 17 heavy (non-hydrogen) atoms. The van der Waals surface area contributed by atoms with Gasteiger partial charge in [0, 0.05) is 16.6 Å². The Labute approximate surface area is 110 Å². The normalized spacial score (nSPS) is 24.4. The van der Waals surface area contributed by atoms with Gasteiger partial charge in [-0.15, -0.1) is 0 Å². The van der Waals surface area contributed by atoms with Crippen molar-refractivity contribution in [3.05, 3.63) is 22.7 Å². The molecular weight excluding hydrogens is 282 g/mol. The number of anilines is 1. The molecule has 0 atom stereocenters. The van der Waals surface area contributed by atoms with Crippen molar-refractivity contribution in [1.29, 1.82) is 0 Å². The number of ether oxygens (including phenoxy) is 1. The molecule has 0 radical (unpaired) electrons. The molecule has 3 nitrogen and oxygen atoms in total. The first-order valence-electron chi connectivity index (χ1n) is 5.97. The largest absolute Gasteiger partial charge is 0.497 e. The van der Waals surface area contributed by atoms with Crippen LogP contribution < -0.4 is 10.1 Å². The van der Waals surface area contributed by atoms with Crippen molar-refractivity contribution in [2.75, 3.05) is 12.4 Å². The van der Waals surface area contributed by atoms with E-state index < -0.39 is 0 Å². The van der Waals surface area contributed by atoms with Crippen LogP contribution in [0.15, 0.2) is 22.7 Å². The third-order valence-corrected chi connectivity index (χ3v) is 3.92. The molecule has 0 unspecified atom stereocenters. The third kappa shape index (κ3) is 3.36. The van der Waals surface area contributed by atoms with Crippen molar-refractivity contribution in [2.45, 2.75) is 37.8 Å². The summed E-state index contributed by atoms with van der Waals surface area (Å²) in [7, 11) is 1.67. The fourth-order valence-corrected chi connectivity index (χ4v) is 2.54. The van der Waals surface area contributed by atoms with Crippen LogP contribution in [-0.2, 0) is 0 Å². The van der Waals surface area contributed by atoms with Gasteiger partial charge in [0.1, 0.15) is 5.75 Å². The average molecular weight is 300 g/mol. The summed E-state index contributed by atoms with van der Waals surface area (Å²) in [6, 6.07) is 6.36. The first-order valence-corrected chi connectivity index (χ1v) is 6.76. The summed E-state index contributed by atoms with van der Waals surface area (Å²) >= 11 is 3.53. The van der Waals surface area contributed by atoms with E-state index in [2.05, 4.69) is 21.2 Å². The molecule has 0 amide bonds. The number of aliphatic hydroxyl groups excluding tert-OH is 1. The van der Waals surface area contributed by atoms with E-state index in [-0.39, 0.29) is 6.10 Å². The molecule has 0 bridgehead atoms. The fourth-order valence-electron chi connectivity index (χ4n) is 2.18. The van der Waals surface area contributed by atoms with Crippen molar-refractivity contribution in [1.82, 2.24) is 0 Å². The van der Waals surface area contributed by atoms with E-state index in [1.807, 2.05) is 18.2 Å². The lowest BCUT2D eigenvalue weighted by atomic mass is 9.93. The molecule has 0 heterocycles. The Morgan fingerprint density at radius 1 is 1.29 bits per heavy atom. The standard InChI is InChI=1S/C13H18BrNO2/c1-17-11-6-7-12(14)13(8-11)15-9-2-4-10(16)5-3-9/h6-10,15-16H,2-5H2,1H3. The Kier molecular flexibility index (Phi) is 4.29. The summed E-state index contributed by atoms with van der Waals surface area (Å²) in [5, 5.41) is 13.0. The zero-order valence-electron chi connectivity index (χ0n) is 9.95. The number of aliphatic hydroxyl groups is 1. The van der Waals surface area contributed by atoms with Crippen LogP contribution in [0.4, 0.5) is 5.69 Å². The summed E-state index contributed by atoms with van der Waals surface area (Å²) in [4.78, 5) is 0. The highest BCUT2D eigenvalue weighted by Gasteiger charge is 2.19. The first-order chi connectivity index (χ1) is 8.19. The minimum Gasteiger partial charge on any atom is -0.497 e. The van der Waals surface area contributed by atoms with E-state index in [9.17, 15) is 5.11 Å². The Bertz CT molecular complexity index is 376. The van der Waals surface area contributed by atoms with Crippen molar-refractivity contribution in [3.63, 3.8) is 0 Å². The third-order valence-electron chi connectivity index (χ3n) is 3.23. The van der Waals surface area contributed by atoms with E-state index in [1.165, 1.54) is 0 Å². The lowest BCUT2D eigenvalue weighted by Gasteiger charge is -2.27. The highest BCUT2D eigenvalue weighted by Crippen LogP contribution is 2.30. The van der Waals surface area contributed by atoms with Crippen molar-refractivity contribution >= 4 is 21.6 Å². The number of halogens is 1. The van der Waals surface area contributed by atoms with Crippen molar-refractivity contribution in [3.8, 4) is 5.75 Å². The molecule has 1 saturated carbocycles. The monoisotopic (exact) mass is 299 g/mol. The van der Waals surface area contributed by atoms with Crippen LogP contribution in [0.25, 0.3) is 0 Å². The molecule has 4 heteroatoms. The van der Waals surface area contributed by atoms with Crippen LogP contribution in [-0.4, -0.2) is 24.4 Å². The van der Waals surface area contributed by atoms with Crippen LogP contribution >= 0.6 is 15.9 Å². The summed E-state index contributed by atoms with van der Waals surface area (Å²) < 4.78 is 6.26. The molecule has 0 aliphatic heterocycles. The number of benzene rings is 1. The number of hydrogen-bond acceptors (Lipinski definition) is 3. The number of hydrogen-bond donors (Lipinski definition) is 2. The molecule has 1 aromatic rings. The molecule has 0 aromatic heterocycles. The molecular formula is C13H18BrNO2. The lowest BCUT2D eigenvalue weighted by Crippen LogP contribution is -2.28. The highest BCUT2D eigenvalue weighted by atomic mass is 79.9. The molecule has 0 spiro atoms. The molecule has 0 saturated heterocycles. The Balaban J connectivity index is 2.02. The fraction of sp³-hybridized carbons (Fsp3) is 0.538. The van der Waals surface area contributed by atoms with Gasteiger partial charge in [-0.25, -0.2) is 0 Å². The SMILES string of the molecule is COc1ccc(Br)c(NC2CCC(O)CC2)c1. The topological polar surface area (TPSA) is 41.5 Å². The number of methoxy groups -OCH3 is 1. The predicted octanol–water partition coefficient (Wildman–Crippen LogP) is 3.17. The Morgan fingerprint density at radius 2 is 2.00 bits per heavy atom. The summed E-state index contributed by atoms with van der Waals surface area (Å²) in [6.45, 7) is 0. The minimum atomic E-state index is -0.109. The average Bonchev–Trinajstić information content (AvgIpc) is 2.35. The zero-order valence-corrected chi connectivity index (χ0v) is 11.5. The quantitative estimate of drug-likeness (QED) is 0.901. The lowest BCUT2D eigenvalue weighted by molar-refractivity contribution is 0.126. The Hall–Kier alpha value is -0.740. The second-order valence-corrected chi connectivity index (χ2v) is 5.35. The molecule has 1 aliphatic carbocycles. The molecule has 2 rings (SSSR count). The van der Waals surface area contributed by atoms with Gasteiger partial charge in [-0.3, -0.25) is 0 Å². The van der Waals surface area contributed by atoms with Crippen LogP contribution in [0.2, 0.25) is 0 Å². The minimum absolute atomic E-state index is 0.109. The van der Waals surface area contributed by atoms with E-state index >= 15 is 0 Å². The van der Waals surface area contributed by atoms with Gasteiger partial charge in [0.25, 0.3) is 0 Å². The summed E-state index contributed by atoms with van der Waals surface area (Å²) in [5.74, 6) is 0.853. The maximum atomic E-state index is 9.47. The predicted molar refractivity (Wildman–Crippen MR) is 72.6 cm³/mol. The van der Waals surface area contributed by atoms with E-state index in [4.69, 9.17) is 4.74 Å². The van der Waals surface area contributed by atoms with Gasteiger partial charge in [-0.2, -0.15) is 0 Å². The van der Waals surface area contributed by atoms with Gasteiger partial charge < -0.3 is 15.2 Å². The molecule has 1 fully saturated rings. The second kappa shape index (κ2) is 5.74. The van der Waals surface area contributed by atoms with Crippen LogP contribution in [0.1, 0.15) is 25.7 Å². The highest BCUT2D eigenvalue weighted by molar-refractivity contribution is 9.10. The van der Waals surface area contributed by atoms with Gasteiger partial charge in [-0.1, -0.05) is 0 Å². The van der Waals surface area contributed by atoms with Crippen LogP contribution in [0.5, 0.6) is 5.75 Å². The van der Waals surface area contributed by atoms with Gasteiger partial charge >= 0.3 is 0 Å². The summed E-state index contributed by atoms with van der Waals surface area (Å²) in [6.07, 6.45) is 3.70.